The Morgan fingerprint density at radius 3 is 2.79 bits per heavy atom. The number of rotatable bonds is 3. The number of halogens is 1. The molecule has 0 aliphatic carbocycles. The van der Waals surface area contributed by atoms with Gasteiger partial charge in [-0.25, -0.2) is 9.18 Å². The van der Waals surface area contributed by atoms with Crippen molar-refractivity contribution in [3.8, 4) is 0 Å². The van der Waals surface area contributed by atoms with Crippen LogP contribution in [0, 0.1) is 0 Å². The second-order valence-corrected chi connectivity index (χ2v) is 4.31. The lowest BCUT2D eigenvalue weighted by Gasteiger charge is -2.26. The van der Waals surface area contributed by atoms with E-state index in [4.69, 9.17) is 15.6 Å². The zero-order chi connectivity index (χ0) is 14.2. The van der Waals surface area contributed by atoms with Crippen molar-refractivity contribution in [2.75, 3.05) is 19.0 Å². The van der Waals surface area contributed by atoms with E-state index in [1.165, 1.54) is 12.3 Å². The summed E-state index contributed by atoms with van der Waals surface area (Å²) in [4.78, 5) is 15.0. The Kier molecular flexibility index (Phi) is 3.54. The fourth-order valence-electron chi connectivity index (χ4n) is 2.00. The van der Waals surface area contributed by atoms with Gasteiger partial charge in [-0.2, -0.15) is 4.98 Å². The maximum atomic E-state index is 12.9. The third-order valence-corrected chi connectivity index (χ3v) is 3.15. The van der Waals surface area contributed by atoms with Gasteiger partial charge >= 0.3 is 5.69 Å². The average molecular weight is 275 g/mol. The first-order valence-electron chi connectivity index (χ1n) is 5.51. The first-order chi connectivity index (χ1) is 8.93. The molecule has 0 amide bonds. The summed E-state index contributed by atoms with van der Waals surface area (Å²) in [6, 6.07) is 1.29. The Balaban J connectivity index is 2.39. The number of alkyl halides is 1. The highest BCUT2D eigenvalue weighted by Gasteiger charge is 2.56. The summed E-state index contributed by atoms with van der Waals surface area (Å²) in [7, 11) is 0. The molecule has 1 fully saturated rings. The van der Waals surface area contributed by atoms with Crippen LogP contribution in [0.2, 0.25) is 0 Å². The lowest BCUT2D eigenvalue weighted by atomic mass is 9.94. The molecule has 0 bridgehead atoms. The van der Waals surface area contributed by atoms with Crippen LogP contribution in [0.1, 0.15) is 6.23 Å². The first kappa shape index (κ1) is 13.9. The molecule has 4 atom stereocenters. The van der Waals surface area contributed by atoms with Crippen molar-refractivity contribution < 1.29 is 24.4 Å². The summed E-state index contributed by atoms with van der Waals surface area (Å²) in [6.07, 6.45) is -3.21. The van der Waals surface area contributed by atoms with E-state index in [-0.39, 0.29) is 5.82 Å². The van der Waals surface area contributed by atoms with Gasteiger partial charge in [-0.1, -0.05) is 0 Å². The van der Waals surface area contributed by atoms with Crippen LogP contribution in [0.3, 0.4) is 0 Å². The molecule has 1 aromatic rings. The van der Waals surface area contributed by atoms with Gasteiger partial charge in [0, 0.05) is 6.20 Å². The fourth-order valence-corrected chi connectivity index (χ4v) is 2.00. The quantitative estimate of drug-likeness (QED) is 0.491. The Hall–Kier alpha value is -1.55. The third-order valence-electron chi connectivity index (χ3n) is 3.15. The van der Waals surface area contributed by atoms with E-state index in [1.807, 2.05) is 0 Å². The lowest BCUT2D eigenvalue weighted by Crippen LogP contribution is -2.51. The van der Waals surface area contributed by atoms with E-state index in [9.17, 15) is 19.4 Å². The standard InChI is InChI=1S/C10H14FN3O5/c11-4-10(18)5(3-15)19-8(7(10)16)14-2-1-6(12)13-9(14)17/h1-2,5,7-8,15-16,18H,3-4H2,(H2,12,13,17)/t5-,7+,8-,10-/m1/s1. The van der Waals surface area contributed by atoms with Crippen LogP contribution in [0.5, 0.6) is 0 Å². The highest BCUT2D eigenvalue weighted by atomic mass is 19.1. The first-order valence-corrected chi connectivity index (χ1v) is 5.51. The monoisotopic (exact) mass is 275 g/mol. The Morgan fingerprint density at radius 2 is 2.32 bits per heavy atom. The number of nitrogens with zero attached hydrogens (tertiary/aromatic N) is 2. The van der Waals surface area contributed by atoms with Crippen molar-refractivity contribution in [3.63, 3.8) is 0 Å². The van der Waals surface area contributed by atoms with Crippen molar-refractivity contribution in [1.82, 2.24) is 9.55 Å². The molecule has 0 radical (unpaired) electrons. The Bertz CT molecular complexity index is 524. The molecule has 0 spiro atoms. The van der Waals surface area contributed by atoms with Crippen LogP contribution in [0.4, 0.5) is 10.2 Å². The molecule has 1 aliphatic heterocycles. The zero-order valence-corrected chi connectivity index (χ0v) is 9.81. The van der Waals surface area contributed by atoms with E-state index in [2.05, 4.69) is 4.98 Å². The van der Waals surface area contributed by atoms with Crippen molar-refractivity contribution in [3.05, 3.63) is 22.7 Å². The lowest BCUT2D eigenvalue weighted by molar-refractivity contribution is -0.104. The number of aromatic nitrogens is 2. The van der Waals surface area contributed by atoms with Gasteiger partial charge in [-0.3, -0.25) is 4.57 Å². The van der Waals surface area contributed by atoms with Crippen LogP contribution in [0.15, 0.2) is 17.1 Å². The second kappa shape index (κ2) is 4.85. The molecule has 106 valence electrons. The van der Waals surface area contributed by atoms with Crippen molar-refractivity contribution in [2.24, 2.45) is 0 Å². The smallest absolute Gasteiger partial charge is 0.351 e. The van der Waals surface area contributed by atoms with Crippen LogP contribution < -0.4 is 11.4 Å². The SMILES string of the molecule is Nc1ccn([C@@H]2O[C@H](CO)[C@](O)(CF)[C@H]2O)c(=O)n1. The van der Waals surface area contributed by atoms with E-state index in [0.29, 0.717) is 0 Å². The summed E-state index contributed by atoms with van der Waals surface area (Å²) in [5.74, 6) is -0.0202. The minimum absolute atomic E-state index is 0.0202. The molecular formula is C10H14FN3O5. The highest BCUT2D eigenvalue weighted by Crippen LogP contribution is 2.36. The van der Waals surface area contributed by atoms with E-state index < -0.39 is 43.0 Å². The average Bonchev–Trinajstić information content (AvgIpc) is 2.63. The van der Waals surface area contributed by atoms with Crippen molar-refractivity contribution in [1.29, 1.82) is 0 Å². The van der Waals surface area contributed by atoms with Crippen molar-refractivity contribution in [2.45, 2.75) is 24.0 Å². The number of hydrogen-bond donors (Lipinski definition) is 4. The van der Waals surface area contributed by atoms with Crippen LogP contribution in [-0.2, 0) is 4.74 Å². The van der Waals surface area contributed by atoms with Crippen LogP contribution in [-0.4, -0.2) is 56.0 Å². The summed E-state index contributed by atoms with van der Waals surface area (Å²) >= 11 is 0. The largest absolute Gasteiger partial charge is 0.394 e. The van der Waals surface area contributed by atoms with Gasteiger partial charge in [0.15, 0.2) is 11.8 Å². The van der Waals surface area contributed by atoms with Gasteiger partial charge in [0.25, 0.3) is 0 Å². The molecule has 1 saturated heterocycles. The van der Waals surface area contributed by atoms with Crippen LogP contribution >= 0.6 is 0 Å². The normalized spacial score (nSPS) is 34.6. The molecular weight excluding hydrogens is 261 g/mol. The van der Waals surface area contributed by atoms with Gasteiger partial charge in [0.05, 0.1) is 6.61 Å². The minimum atomic E-state index is -2.28. The third kappa shape index (κ3) is 2.10. The number of ether oxygens (including phenoxy) is 1. The predicted molar refractivity (Wildman–Crippen MR) is 60.8 cm³/mol. The molecule has 5 N–H and O–H groups in total. The topological polar surface area (TPSA) is 131 Å². The number of aliphatic hydroxyl groups excluding tert-OH is 2. The second-order valence-electron chi connectivity index (χ2n) is 4.31. The summed E-state index contributed by atoms with van der Waals surface area (Å²) in [5.41, 5.74) is 2.22. The molecule has 19 heavy (non-hydrogen) atoms. The van der Waals surface area contributed by atoms with Crippen LogP contribution in [0.25, 0.3) is 0 Å². The fraction of sp³-hybridized carbons (Fsp3) is 0.600. The Morgan fingerprint density at radius 1 is 1.63 bits per heavy atom. The van der Waals surface area contributed by atoms with Gasteiger partial charge in [-0.15, -0.1) is 0 Å². The summed E-state index contributed by atoms with van der Waals surface area (Å²) in [5, 5.41) is 28.9. The number of nitrogen functional groups attached to an aromatic ring is 1. The number of nitrogens with two attached hydrogens (primary N) is 1. The number of aliphatic hydroxyl groups is 3. The zero-order valence-electron chi connectivity index (χ0n) is 9.81. The van der Waals surface area contributed by atoms with E-state index >= 15 is 0 Å². The summed E-state index contributed by atoms with van der Waals surface area (Å²) < 4.78 is 18.9. The highest BCUT2D eigenvalue weighted by molar-refractivity contribution is 5.23. The maximum Gasteiger partial charge on any atom is 0.351 e. The molecule has 0 saturated carbocycles. The van der Waals surface area contributed by atoms with Gasteiger partial charge < -0.3 is 25.8 Å². The maximum absolute atomic E-state index is 12.9. The predicted octanol–water partition coefficient (Wildman–Crippen LogP) is -2.22. The molecule has 0 aromatic carbocycles. The molecule has 1 aromatic heterocycles. The molecule has 8 nitrogen and oxygen atoms in total. The molecule has 2 heterocycles. The minimum Gasteiger partial charge on any atom is -0.394 e. The molecule has 9 heteroatoms. The van der Waals surface area contributed by atoms with E-state index in [1.54, 1.807) is 0 Å². The number of hydrogen-bond acceptors (Lipinski definition) is 7. The van der Waals surface area contributed by atoms with Gasteiger partial charge in [0.2, 0.25) is 0 Å². The molecule has 1 aliphatic rings. The van der Waals surface area contributed by atoms with E-state index in [0.717, 1.165) is 4.57 Å². The molecule has 0 unspecified atom stereocenters. The van der Waals surface area contributed by atoms with Gasteiger partial charge in [0.1, 0.15) is 24.7 Å². The van der Waals surface area contributed by atoms with Crippen molar-refractivity contribution >= 4 is 5.82 Å². The number of anilines is 1. The molecule has 2 rings (SSSR count). The Labute approximate surface area is 106 Å². The van der Waals surface area contributed by atoms with Gasteiger partial charge in [-0.05, 0) is 6.07 Å². The summed E-state index contributed by atoms with van der Waals surface area (Å²) in [6.45, 7) is -2.03.